The quantitative estimate of drug-likeness (QED) is 0.153. The van der Waals surface area contributed by atoms with Crippen molar-refractivity contribution in [1.29, 1.82) is 0 Å². The minimum Gasteiger partial charge on any atom is -0.456 e. The Kier molecular flexibility index (Phi) is 8.83. The summed E-state index contributed by atoms with van der Waals surface area (Å²) in [5.41, 5.74) is 17.9. The van der Waals surface area contributed by atoms with Crippen LogP contribution in [0.5, 0.6) is 0 Å². The van der Waals surface area contributed by atoms with Gasteiger partial charge in [0.2, 0.25) is 0 Å². The summed E-state index contributed by atoms with van der Waals surface area (Å²) in [5.74, 6) is 0. The second kappa shape index (κ2) is 15.3. The van der Waals surface area contributed by atoms with Crippen LogP contribution in [-0.4, -0.2) is 4.57 Å². The third-order valence-electron chi connectivity index (χ3n) is 12.4. The number of anilines is 3. The molecule has 0 saturated heterocycles. The zero-order valence-corrected chi connectivity index (χ0v) is 34.4. The van der Waals surface area contributed by atoms with Crippen LogP contribution in [0.1, 0.15) is 0 Å². The Bertz CT molecular complexity index is 3560. The van der Waals surface area contributed by atoms with Gasteiger partial charge in [-0.1, -0.05) is 170 Å². The van der Waals surface area contributed by atoms with Crippen molar-refractivity contribution < 1.29 is 4.42 Å². The Balaban J connectivity index is 0.960. The molecule has 0 radical (unpaired) electrons. The fourth-order valence-electron chi connectivity index (χ4n) is 9.41. The Morgan fingerprint density at radius 1 is 0.302 bits per heavy atom. The number of fused-ring (bicyclic) bond motifs is 6. The van der Waals surface area contributed by atoms with E-state index < -0.39 is 0 Å². The predicted octanol–water partition coefficient (Wildman–Crippen LogP) is 16.8. The molecule has 296 valence electrons. The van der Waals surface area contributed by atoms with E-state index in [0.717, 1.165) is 66.9 Å². The molecule has 0 fully saturated rings. The zero-order chi connectivity index (χ0) is 41.7. The fraction of sp³-hybridized carbons (Fsp3) is 0. The average molecular weight is 805 g/mol. The lowest BCUT2D eigenvalue weighted by Crippen LogP contribution is -2.10. The Morgan fingerprint density at radius 3 is 1.52 bits per heavy atom. The number of rotatable bonds is 8. The highest BCUT2D eigenvalue weighted by molar-refractivity contribution is 6.12. The molecule has 3 heteroatoms. The predicted molar refractivity (Wildman–Crippen MR) is 264 cm³/mol. The molecule has 2 heterocycles. The van der Waals surface area contributed by atoms with Crippen LogP contribution >= 0.6 is 0 Å². The highest BCUT2D eigenvalue weighted by Crippen LogP contribution is 2.41. The van der Waals surface area contributed by atoms with Gasteiger partial charge < -0.3 is 13.9 Å². The number of nitrogens with zero attached hydrogens (tertiary/aromatic N) is 2. The normalized spacial score (nSPS) is 11.5. The topological polar surface area (TPSA) is 21.3 Å². The maximum atomic E-state index is 6.25. The van der Waals surface area contributed by atoms with Crippen molar-refractivity contribution in [3.63, 3.8) is 0 Å². The van der Waals surface area contributed by atoms with Gasteiger partial charge in [0.15, 0.2) is 0 Å². The lowest BCUT2D eigenvalue weighted by Gasteiger charge is -2.27. The largest absolute Gasteiger partial charge is 0.456 e. The molecule has 12 aromatic rings. The minimum absolute atomic E-state index is 0.902. The highest BCUT2D eigenvalue weighted by atomic mass is 16.3. The van der Waals surface area contributed by atoms with Crippen LogP contribution in [0.4, 0.5) is 17.1 Å². The summed E-state index contributed by atoms with van der Waals surface area (Å²) in [6.07, 6.45) is 0. The zero-order valence-electron chi connectivity index (χ0n) is 34.4. The Labute approximate surface area is 366 Å². The molecule has 10 aromatic carbocycles. The van der Waals surface area contributed by atoms with E-state index >= 15 is 0 Å². The summed E-state index contributed by atoms with van der Waals surface area (Å²) < 4.78 is 8.64. The van der Waals surface area contributed by atoms with Gasteiger partial charge in [0.25, 0.3) is 0 Å². The first-order chi connectivity index (χ1) is 31.2. The lowest BCUT2D eigenvalue weighted by molar-refractivity contribution is 0.669. The van der Waals surface area contributed by atoms with E-state index in [1.54, 1.807) is 0 Å². The maximum absolute atomic E-state index is 6.25. The molecule has 12 rings (SSSR count). The second-order valence-corrected chi connectivity index (χ2v) is 16.1. The van der Waals surface area contributed by atoms with E-state index in [-0.39, 0.29) is 0 Å². The van der Waals surface area contributed by atoms with Crippen LogP contribution in [0.25, 0.3) is 93.9 Å². The molecule has 0 aliphatic heterocycles. The van der Waals surface area contributed by atoms with E-state index in [4.69, 9.17) is 4.42 Å². The maximum Gasteiger partial charge on any atom is 0.136 e. The number of hydrogen-bond acceptors (Lipinski definition) is 2. The Morgan fingerprint density at radius 2 is 0.794 bits per heavy atom. The molecule has 0 amide bonds. The molecule has 0 N–H and O–H groups in total. The standard InChI is InChI=1S/C60H40N2O/c1-2-14-41(15-3-1)42-30-32-43(33-31-42)46-17-11-19-49(39-46)61(50-20-12-21-51(40-50)62-56-26-7-4-22-53(56)54-23-5-8-27-57(54)62)48-36-34-44(35-37-48)45-16-10-18-47(38-45)52-25-13-29-59-60(52)55-24-6-9-28-58(55)63-59/h1-40H. The molecule has 63 heavy (non-hydrogen) atoms. The van der Waals surface area contributed by atoms with Crippen LogP contribution < -0.4 is 4.90 Å². The third kappa shape index (κ3) is 6.46. The van der Waals surface area contributed by atoms with Crippen LogP contribution in [0.2, 0.25) is 0 Å². The van der Waals surface area contributed by atoms with Crippen molar-refractivity contribution in [1.82, 2.24) is 4.57 Å². The van der Waals surface area contributed by atoms with Gasteiger partial charge in [0.1, 0.15) is 11.2 Å². The Hall–Kier alpha value is -8.40. The van der Waals surface area contributed by atoms with Crippen molar-refractivity contribution in [3.8, 4) is 50.2 Å². The number of benzene rings is 10. The monoisotopic (exact) mass is 804 g/mol. The van der Waals surface area contributed by atoms with Gasteiger partial charge in [-0.2, -0.15) is 0 Å². The van der Waals surface area contributed by atoms with Crippen molar-refractivity contribution in [2.75, 3.05) is 4.90 Å². The van der Waals surface area contributed by atoms with E-state index in [9.17, 15) is 0 Å². The number of para-hydroxylation sites is 3. The SMILES string of the molecule is c1ccc(-c2ccc(-c3cccc(N(c4ccc(-c5cccc(-c6cccc7oc8ccccc8c67)c5)cc4)c4cccc(-n5c6ccccc6c6ccccc65)c4)c3)cc2)cc1. The average Bonchev–Trinajstić information content (AvgIpc) is 3.91. The first-order valence-electron chi connectivity index (χ1n) is 21.5. The number of furan rings is 1. The first kappa shape index (κ1) is 36.5. The minimum atomic E-state index is 0.902. The molecular formula is C60H40N2O. The van der Waals surface area contributed by atoms with Gasteiger partial charge in [-0.05, 0) is 117 Å². The van der Waals surface area contributed by atoms with Crippen molar-refractivity contribution in [2.24, 2.45) is 0 Å². The summed E-state index contributed by atoms with van der Waals surface area (Å²) in [7, 11) is 0. The van der Waals surface area contributed by atoms with Crippen molar-refractivity contribution in [3.05, 3.63) is 243 Å². The van der Waals surface area contributed by atoms with E-state index in [2.05, 4.69) is 240 Å². The van der Waals surface area contributed by atoms with Gasteiger partial charge in [0, 0.05) is 44.3 Å². The number of aromatic nitrogens is 1. The summed E-state index contributed by atoms with van der Waals surface area (Å²) in [4.78, 5) is 2.38. The molecule has 0 spiro atoms. The summed E-state index contributed by atoms with van der Waals surface area (Å²) in [6.45, 7) is 0. The van der Waals surface area contributed by atoms with Gasteiger partial charge in [-0.3, -0.25) is 0 Å². The summed E-state index contributed by atoms with van der Waals surface area (Å²) in [5, 5.41) is 4.77. The van der Waals surface area contributed by atoms with Crippen LogP contribution in [-0.2, 0) is 0 Å². The van der Waals surface area contributed by atoms with E-state index in [1.807, 2.05) is 12.1 Å². The molecule has 0 unspecified atom stereocenters. The fourth-order valence-corrected chi connectivity index (χ4v) is 9.41. The second-order valence-electron chi connectivity index (χ2n) is 16.1. The molecule has 0 aliphatic rings. The van der Waals surface area contributed by atoms with Crippen LogP contribution in [0.15, 0.2) is 247 Å². The summed E-state index contributed by atoms with van der Waals surface area (Å²) in [6, 6.07) is 87.2. The molecular weight excluding hydrogens is 765 g/mol. The van der Waals surface area contributed by atoms with Gasteiger partial charge in [-0.25, -0.2) is 0 Å². The third-order valence-corrected chi connectivity index (χ3v) is 12.4. The molecule has 0 bridgehead atoms. The summed E-state index contributed by atoms with van der Waals surface area (Å²) >= 11 is 0. The van der Waals surface area contributed by atoms with Crippen LogP contribution in [0.3, 0.4) is 0 Å². The van der Waals surface area contributed by atoms with Gasteiger partial charge >= 0.3 is 0 Å². The first-order valence-corrected chi connectivity index (χ1v) is 21.5. The van der Waals surface area contributed by atoms with E-state index in [0.29, 0.717) is 0 Å². The number of hydrogen-bond donors (Lipinski definition) is 0. The van der Waals surface area contributed by atoms with Gasteiger partial charge in [-0.15, -0.1) is 0 Å². The molecule has 2 aromatic heterocycles. The van der Waals surface area contributed by atoms with E-state index in [1.165, 1.54) is 44.1 Å². The van der Waals surface area contributed by atoms with Gasteiger partial charge in [0.05, 0.1) is 11.0 Å². The smallest absolute Gasteiger partial charge is 0.136 e. The van der Waals surface area contributed by atoms with Crippen molar-refractivity contribution >= 4 is 60.8 Å². The molecule has 0 atom stereocenters. The van der Waals surface area contributed by atoms with Crippen molar-refractivity contribution in [2.45, 2.75) is 0 Å². The van der Waals surface area contributed by atoms with Crippen LogP contribution in [0, 0.1) is 0 Å². The lowest BCUT2D eigenvalue weighted by atomic mass is 9.96. The highest BCUT2D eigenvalue weighted by Gasteiger charge is 2.18. The molecule has 3 nitrogen and oxygen atoms in total. The molecule has 0 aliphatic carbocycles. The molecule has 0 saturated carbocycles.